The molecule has 0 saturated heterocycles. The SMILES string of the molecule is CCN(Cc1ccccc1)C(=O)C1CC1C(=O)Nc1ccccc1C(F)(F)F. The number of hydrogen-bond donors (Lipinski definition) is 1. The Morgan fingerprint density at radius 2 is 1.68 bits per heavy atom. The third kappa shape index (κ3) is 4.52. The van der Waals surface area contributed by atoms with Crippen molar-refractivity contribution < 1.29 is 22.8 Å². The average molecular weight is 390 g/mol. The van der Waals surface area contributed by atoms with Gasteiger partial charge in [0.1, 0.15) is 0 Å². The molecular formula is C21H21F3N2O2. The van der Waals surface area contributed by atoms with Crippen molar-refractivity contribution in [2.45, 2.75) is 26.1 Å². The number of benzene rings is 2. The second kappa shape index (κ2) is 8.04. The van der Waals surface area contributed by atoms with Crippen LogP contribution in [0.1, 0.15) is 24.5 Å². The molecule has 0 aliphatic heterocycles. The van der Waals surface area contributed by atoms with E-state index in [0.29, 0.717) is 19.5 Å². The van der Waals surface area contributed by atoms with E-state index in [4.69, 9.17) is 0 Å². The van der Waals surface area contributed by atoms with Crippen molar-refractivity contribution in [1.82, 2.24) is 4.90 Å². The second-order valence-electron chi connectivity index (χ2n) is 6.82. The minimum absolute atomic E-state index is 0.143. The van der Waals surface area contributed by atoms with E-state index in [1.807, 2.05) is 37.3 Å². The van der Waals surface area contributed by atoms with E-state index in [1.54, 1.807) is 4.90 Å². The number of hydrogen-bond acceptors (Lipinski definition) is 2. The van der Waals surface area contributed by atoms with Crippen molar-refractivity contribution in [3.05, 3.63) is 65.7 Å². The largest absolute Gasteiger partial charge is 0.418 e. The molecule has 3 rings (SSSR count). The molecule has 28 heavy (non-hydrogen) atoms. The molecular weight excluding hydrogens is 369 g/mol. The van der Waals surface area contributed by atoms with Gasteiger partial charge in [0.05, 0.1) is 23.1 Å². The molecule has 0 spiro atoms. The van der Waals surface area contributed by atoms with Gasteiger partial charge in [-0.3, -0.25) is 9.59 Å². The quantitative estimate of drug-likeness (QED) is 0.798. The van der Waals surface area contributed by atoms with Crippen LogP contribution < -0.4 is 5.32 Å². The zero-order valence-corrected chi connectivity index (χ0v) is 15.4. The van der Waals surface area contributed by atoms with Crippen LogP contribution in [0.3, 0.4) is 0 Å². The van der Waals surface area contributed by atoms with Crippen LogP contribution in [0.2, 0.25) is 0 Å². The molecule has 1 saturated carbocycles. The van der Waals surface area contributed by atoms with Crippen molar-refractivity contribution in [2.75, 3.05) is 11.9 Å². The first-order valence-corrected chi connectivity index (χ1v) is 9.11. The summed E-state index contributed by atoms with van der Waals surface area (Å²) in [4.78, 5) is 26.8. The predicted molar refractivity (Wildman–Crippen MR) is 99.2 cm³/mol. The summed E-state index contributed by atoms with van der Waals surface area (Å²) in [5.74, 6) is -1.78. The summed E-state index contributed by atoms with van der Waals surface area (Å²) < 4.78 is 39.2. The van der Waals surface area contributed by atoms with E-state index >= 15 is 0 Å². The van der Waals surface area contributed by atoms with Crippen molar-refractivity contribution in [2.24, 2.45) is 11.8 Å². The number of halogens is 3. The first-order valence-electron chi connectivity index (χ1n) is 9.11. The van der Waals surface area contributed by atoms with Gasteiger partial charge in [0.15, 0.2) is 0 Å². The van der Waals surface area contributed by atoms with Crippen molar-refractivity contribution >= 4 is 17.5 Å². The Labute approximate surface area is 161 Å². The van der Waals surface area contributed by atoms with Gasteiger partial charge in [0.2, 0.25) is 11.8 Å². The van der Waals surface area contributed by atoms with Crippen LogP contribution in [0, 0.1) is 11.8 Å². The molecule has 7 heteroatoms. The lowest BCUT2D eigenvalue weighted by molar-refractivity contribution is -0.137. The fraction of sp³-hybridized carbons (Fsp3) is 0.333. The third-order valence-corrected chi connectivity index (χ3v) is 4.84. The summed E-state index contributed by atoms with van der Waals surface area (Å²) in [6.07, 6.45) is -4.21. The van der Waals surface area contributed by atoms with Crippen molar-refractivity contribution in [1.29, 1.82) is 0 Å². The monoisotopic (exact) mass is 390 g/mol. The summed E-state index contributed by atoms with van der Waals surface area (Å²) in [6, 6.07) is 14.3. The maximum Gasteiger partial charge on any atom is 0.418 e. The predicted octanol–water partition coefficient (Wildman–Crippen LogP) is 4.33. The number of alkyl halides is 3. The summed E-state index contributed by atoms with van der Waals surface area (Å²) in [6.45, 7) is 2.80. The molecule has 0 aromatic heterocycles. The summed E-state index contributed by atoms with van der Waals surface area (Å²) in [5, 5.41) is 2.34. The van der Waals surface area contributed by atoms with E-state index in [1.165, 1.54) is 18.2 Å². The van der Waals surface area contributed by atoms with E-state index in [2.05, 4.69) is 5.32 Å². The first-order chi connectivity index (χ1) is 13.3. The number of anilines is 1. The number of para-hydroxylation sites is 1. The van der Waals surface area contributed by atoms with Gasteiger partial charge >= 0.3 is 6.18 Å². The molecule has 1 N–H and O–H groups in total. The molecule has 1 fully saturated rings. The van der Waals surface area contributed by atoms with Crippen LogP contribution in [0.5, 0.6) is 0 Å². The highest BCUT2D eigenvalue weighted by atomic mass is 19.4. The molecule has 4 nitrogen and oxygen atoms in total. The average Bonchev–Trinajstić information content (AvgIpc) is 3.47. The molecule has 0 heterocycles. The molecule has 148 valence electrons. The summed E-state index contributed by atoms with van der Waals surface area (Å²) >= 11 is 0. The number of carbonyl (C=O) groups is 2. The Bertz CT molecular complexity index is 852. The van der Waals surface area contributed by atoms with Crippen LogP contribution in [-0.2, 0) is 22.3 Å². The lowest BCUT2D eigenvalue weighted by Crippen LogP contribution is -2.33. The molecule has 1 aliphatic carbocycles. The Balaban J connectivity index is 1.63. The first kappa shape index (κ1) is 19.9. The topological polar surface area (TPSA) is 49.4 Å². The Hall–Kier alpha value is -2.83. The van der Waals surface area contributed by atoms with Gasteiger partial charge in [0, 0.05) is 13.1 Å². The van der Waals surface area contributed by atoms with Crippen molar-refractivity contribution in [3.63, 3.8) is 0 Å². The number of carbonyl (C=O) groups excluding carboxylic acids is 2. The summed E-state index contributed by atoms with van der Waals surface area (Å²) in [7, 11) is 0. The number of nitrogens with one attached hydrogen (secondary N) is 1. The lowest BCUT2D eigenvalue weighted by Gasteiger charge is -2.21. The van der Waals surface area contributed by atoms with E-state index in [-0.39, 0.29) is 11.6 Å². The molecule has 2 amide bonds. The lowest BCUT2D eigenvalue weighted by atomic mass is 10.1. The fourth-order valence-electron chi connectivity index (χ4n) is 3.21. The van der Waals surface area contributed by atoms with Gasteiger partial charge in [-0.15, -0.1) is 0 Å². The fourth-order valence-corrected chi connectivity index (χ4v) is 3.21. The van der Waals surface area contributed by atoms with Gasteiger partial charge in [-0.2, -0.15) is 13.2 Å². The smallest absolute Gasteiger partial charge is 0.338 e. The normalized spacial score (nSPS) is 18.4. The van der Waals surface area contributed by atoms with Crippen molar-refractivity contribution in [3.8, 4) is 0 Å². The molecule has 0 bridgehead atoms. The van der Waals surface area contributed by atoms with Crippen LogP contribution in [0.25, 0.3) is 0 Å². The number of nitrogens with zero attached hydrogens (tertiary/aromatic N) is 1. The molecule has 2 atom stereocenters. The molecule has 2 unspecified atom stereocenters. The Morgan fingerprint density at radius 3 is 2.32 bits per heavy atom. The minimum Gasteiger partial charge on any atom is -0.338 e. The summed E-state index contributed by atoms with van der Waals surface area (Å²) in [5.41, 5.74) is -0.195. The maximum absolute atomic E-state index is 13.1. The standard InChI is InChI=1S/C21H21F3N2O2/c1-2-26(13-14-8-4-3-5-9-14)20(28)16-12-15(16)19(27)25-18-11-7-6-10-17(18)21(22,23)24/h3-11,15-16H,2,12-13H2,1H3,(H,25,27). The third-order valence-electron chi connectivity index (χ3n) is 4.84. The number of amides is 2. The zero-order chi connectivity index (χ0) is 20.3. The van der Waals surface area contributed by atoms with Gasteiger partial charge in [-0.05, 0) is 31.0 Å². The Morgan fingerprint density at radius 1 is 1.04 bits per heavy atom. The van der Waals surface area contributed by atoms with Gasteiger partial charge in [-0.1, -0.05) is 42.5 Å². The van der Waals surface area contributed by atoms with E-state index in [0.717, 1.165) is 11.6 Å². The molecule has 2 aromatic carbocycles. The van der Waals surface area contributed by atoms with E-state index in [9.17, 15) is 22.8 Å². The van der Waals surface area contributed by atoms with Crippen LogP contribution in [0.4, 0.5) is 18.9 Å². The molecule has 2 aromatic rings. The van der Waals surface area contributed by atoms with Crippen LogP contribution in [0.15, 0.2) is 54.6 Å². The molecule has 1 aliphatic rings. The highest BCUT2D eigenvalue weighted by Gasteiger charge is 2.49. The maximum atomic E-state index is 13.1. The highest BCUT2D eigenvalue weighted by Crippen LogP contribution is 2.42. The highest BCUT2D eigenvalue weighted by molar-refractivity contribution is 6.00. The van der Waals surface area contributed by atoms with Gasteiger partial charge < -0.3 is 10.2 Å². The Kier molecular flexibility index (Phi) is 5.72. The van der Waals surface area contributed by atoms with Crippen LogP contribution in [-0.4, -0.2) is 23.3 Å². The minimum atomic E-state index is -4.56. The van der Waals surface area contributed by atoms with Crippen LogP contribution >= 0.6 is 0 Å². The van der Waals surface area contributed by atoms with Gasteiger partial charge in [-0.25, -0.2) is 0 Å². The van der Waals surface area contributed by atoms with Gasteiger partial charge in [0.25, 0.3) is 0 Å². The number of rotatable bonds is 6. The zero-order valence-electron chi connectivity index (χ0n) is 15.4. The second-order valence-corrected chi connectivity index (χ2v) is 6.82. The molecule has 0 radical (unpaired) electrons. The van der Waals surface area contributed by atoms with E-state index < -0.39 is 29.5 Å².